The van der Waals surface area contributed by atoms with E-state index in [9.17, 15) is 9.81 Å². The number of nitrogens with zero attached hydrogens (tertiary/aromatic N) is 2. The molecule has 0 aromatic heterocycles. The van der Waals surface area contributed by atoms with E-state index in [0.717, 1.165) is 12.8 Å². The van der Waals surface area contributed by atoms with Crippen LogP contribution in [0.5, 0.6) is 0 Å². The van der Waals surface area contributed by atoms with Gasteiger partial charge in [0.1, 0.15) is 0 Å². The first kappa shape index (κ1) is 9.49. The van der Waals surface area contributed by atoms with Gasteiger partial charge in [0.05, 0.1) is 0 Å². The quantitative estimate of drug-likeness (QED) is 0.344. The summed E-state index contributed by atoms with van der Waals surface area (Å²) in [6, 6.07) is 0. The minimum atomic E-state index is -0.914. The van der Waals surface area contributed by atoms with Crippen LogP contribution in [0, 0.1) is 9.81 Å². The van der Waals surface area contributed by atoms with Gasteiger partial charge in [-0.1, -0.05) is 0 Å². The van der Waals surface area contributed by atoms with E-state index in [0.29, 0.717) is 12.3 Å². The lowest BCUT2D eigenvalue weighted by atomic mass is 10.2. The molecule has 0 saturated heterocycles. The molecule has 0 fully saturated rings. The number of alkyl halides is 1. The molecule has 0 aliphatic carbocycles. The van der Waals surface area contributed by atoms with Crippen LogP contribution < -0.4 is 0 Å². The fraction of sp³-hybridized carbons (Fsp3) is 1.00. The number of hydrogen-bond acceptors (Lipinski definition) is 4. The van der Waals surface area contributed by atoms with E-state index in [1.54, 1.807) is 0 Å². The van der Waals surface area contributed by atoms with Gasteiger partial charge in [-0.25, -0.2) is 0 Å². The van der Waals surface area contributed by atoms with Crippen molar-refractivity contribution < 1.29 is 0 Å². The highest BCUT2D eigenvalue weighted by molar-refractivity contribution is 6.17. The zero-order chi connectivity index (χ0) is 7.82. The zero-order valence-electron chi connectivity index (χ0n) is 5.49. The van der Waals surface area contributed by atoms with Crippen LogP contribution in [-0.2, 0) is 0 Å². The maximum Gasteiger partial charge on any atom is 0.222 e. The first-order valence-corrected chi connectivity index (χ1v) is 3.59. The predicted octanol–water partition coefficient (Wildman–Crippen LogP) is 2.25. The highest BCUT2D eigenvalue weighted by atomic mass is 35.5. The highest BCUT2D eigenvalue weighted by Crippen LogP contribution is 2.05. The lowest BCUT2D eigenvalue weighted by Gasteiger charge is -1.96. The molecule has 0 spiro atoms. The maximum atomic E-state index is 9.75. The molecule has 0 aromatic rings. The van der Waals surface area contributed by atoms with Crippen LogP contribution in [0.15, 0.2) is 10.4 Å². The summed E-state index contributed by atoms with van der Waals surface area (Å²) in [7, 11) is 0. The molecule has 0 amide bonds. The topological polar surface area (TPSA) is 58.9 Å². The van der Waals surface area contributed by atoms with Gasteiger partial charge in [0.25, 0.3) is 0 Å². The Bertz CT molecular complexity index is 102. The van der Waals surface area contributed by atoms with Crippen molar-refractivity contribution in [1.29, 1.82) is 0 Å². The molecule has 0 aromatic carbocycles. The molecule has 0 heterocycles. The summed E-state index contributed by atoms with van der Waals surface area (Å²) in [6.07, 6.45) is 1.03. The summed E-state index contributed by atoms with van der Waals surface area (Å²) in [5.41, 5.74) is 0. The molecule has 5 heteroatoms. The van der Waals surface area contributed by atoms with Crippen LogP contribution in [0.1, 0.15) is 19.3 Å². The number of rotatable bonds is 6. The van der Waals surface area contributed by atoms with E-state index in [4.69, 9.17) is 11.6 Å². The fourth-order valence-electron chi connectivity index (χ4n) is 0.546. The summed E-state index contributed by atoms with van der Waals surface area (Å²) < 4.78 is 0. The monoisotopic (exact) mass is 164 g/mol. The highest BCUT2D eigenvalue weighted by Gasteiger charge is 2.05. The number of halogens is 1. The van der Waals surface area contributed by atoms with Crippen molar-refractivity contribution >= 4 is 11.6 Å². The molecule has 0 saturated carbocycles. The van der Waals surface area contributed by atoms with Crippen LogP contribution in [-0.4, -0.2) is 12.0 Å². The van der Waals surface area contributed by atoms with Gasteiger partial charge in [-0.15, -0.1) is 21.4 Å². The molecule has 0 bridgehead atoms. The molecule has 10 heavy (non-hydrogen) atoms. The van der Waals surface area contributed by atoms with Crippen molar-refractivity contribution in [1.82, 2.24) is 0 Å². The van der Waals surface area contributed by atoms with E-state index < -0.39 is 6.17 Å². The molecule has 58 valence electrons. The van der Waals surface area contributed by atoms with Crippen LogP contribution in [0.25, 0.3) is 0 Å². The molecular weight excluding hydrogens is 156 g/mol. The van der Waals surface area contributed by atoms with E-state index in [1.165, 1.54) is 0 Å². The Kier molecular flexibility index (Phi) is 6.27. The third-order valence-corrected chi connectivity index (χ3v) is 1.36. The smallest absolute Gasteiger partial charge is 0.148 e. The van der Waals surface area contributed by atoms with Crippen LogP contribution in [0.3, 0.4) is 0 Å². The lowest BCUT2D eigenvalue weighted by Crippen LogP contribution is -1.97. The third-order valence-electron chi connectivity index (χ3n) is 1.09. The minimum Gasteiger partial charge on any atom is -0.148 e. The summed E-state index contributed by atoms with van der Waals surface area (Å²) in [4.78, 5) is 19.5. The van der Waals surface area contributed by atoms with Crippen molar-refractivity contribution in [3.05, 3.63) is 9.81 Å². The summed E-state index contributed by atoms with van der Waals surface area (Å²) >= 11 is 5.35. The number of unbranched alkanes of at least 4 members (excludes halogenated alkanes) is 1. The molecular formula is C5H9ClN2O2. The predicted molar refractivity (Wildman–Crippen MR) is 39.9 cm³/mol. The third kappa shape index (κ3) is 4.38. The summed E-state index contributed by atoms with van der Waals surface area (Å²) in [5.74, 6) is 0.546. The Hall–Kier alpha value is -0.510. The van der Waals surface area contributed by atoms with Crippen LogP contribution in [0.2, 0.25) is 0 Å². The molecule has 0 rings (SSSR count). The first-order valence-electron chi connectivity index (χ1n) is 3.06. The van der Waals surface area contributed by atoms with Gasteiger partial charge in [-0.05, 0) is 29.6 Å². The fourth-order valence-corrected chi connectivity index (χ4v) is 0.735. The first-order chi connectivity index (χ1) is 4.85. The van der Waals surface area contributed by atoms with E-state index in [2.05, 4.69) is 10.4 Å². The van der Waals surface area contributed by atoms with Gasteiger partial charge in [-0.2, -0.15) is 0 Å². The summed E-state index contributed by atoms with van der Waals surface area (Å²) in [5, 5.41) is 5.01. The standard InChI is InChI=1S/C5H9ClN2O2/c6-4-2-1-3-5(7-9)8-10/h5H,1-4H2. The second-order valence-electron chi connectivity index (χ2n) is 1.88. The molecule has 0 N–H and O–H groups in total. The van der Waals surface area contributed by atoms with Crippen molar-refractivity contribution in [2.75, 3.05) is 5.88 Å². The van der Waals surface area contributed by atoms with Gasteiger partial charge in [0.2, 0.25) is 6.17 Å². The average molecular weight is 165 g/mol. The van der Waals surface area contributed by atoms with Gasteiger partial charge in [0, 0.05) is 5.88 Å². The van der Waals surface area contributed by atoms with Gasteiger partial charge >= 0.3 is 0 Å². The Morgan fingerprint density at radius 2 is 1.80 bits per heavy atom. The Balaban J connectivity index is 3.25. The molecule has 0 atom stereocenters. The van der Waals surface area contributed by atoms with Crippen molar-refractivity contribution in [3.63, 3.8) is 0 Å². The molecule has 0 unspecified atom stereocenters. The zero-order valence-corrected chi connectivity index (χ0v) is 6.25. The Labute approximate surface area is 63.9 Å². The van der Waals surface area contributed by atoms with Crippen molar-refractivity contribution in [2.24, 2.45) is 10.4 Å². The number of hydrogen-bond donors (Lipinski definition) is 0. The SMILES string of the molecule is O=NC(CCCCCl)N=O. The Morgan fingerprint density at radius 3 is 2.20 bits per heavy atom. The van der Waals surface area contributed by atoms with Gasteiger partial charge in [-0.3, -0.25) is 0 Å². The van der Waals surface area contributed by atoms with Crippen LogP contribution >= 0.6 is 11.6 Å². The normalized spacial score (nSPS) is 9.80. The minimum absolute atomic E-state index is 0.416. The average Bonchev–Trinajstić information content (AvgIpc) is 1.99. The van der Waals surface area contributed by atoms with Crippen LogP contribution in [0.4, 0.5) is 0 Å². The Morgan fingerprint density at radius 1 is 1.20 bits per heavy atom. The van der Waals surface area contributed by atoms with Crippen molar-refractivity contribution in [3.8, 4) is 0 Å². The largest absolute Gasteiger partial charge is 0.222 e. The van der Waals surface area contributed by atoms with Gasteiger partial charge < -0.3 is 0 Å². The van der Waals surface area contributed by atoms with E-state index in [-0.39, 0.29) is 0 Å². The molecule has 0 radical (unpaired) electrons. The van der Waals surface area contributed by atoms with E-state index >= 15 is 0 Å². The second kappa shape index (κ2) is 6.61. The summed E-state index contributed by atoms with van der Waals surface area (Å²) in [6.45, 7) is 0. The van der Waals surface area contributed by atoms with Crippen molar-refractivity contribution in [2.45, 2.75) is 25.4 Å². The lowest BCUT2D eigenvalue weighted by molar-refractivity contribution is 0.594. The van der Waals surface area contributed by atoms with E-state index in [1.807, 2.05) is 0 Å². The second-order valence-corrected chi connectivity index (χ2v) is 2.25. The molecule has 0 aliphatic rings. The number of nitroso groups, excluding NO2 is 2. The van der Waals surface area contributed by atoms with Gasteiger partial charge in [0.15, 0.2) is 0 Å². The maximum absolute atomic E-state index is 9.75. The molecule has 0 aliphatic heterocycles. The molecule has 4 nitrogen and oxygen atoms in total.